The van der Waals surface area contributed by atoms with E-state index in [-0.39, 0.29) is 0 Å². The van der Waals surface area contributed by atoms with Crippen molar-refractivity contribution in [2.75, 3.05) is 19.0 Å². The van der Waals surface area contributed by atoms with Gasteiger partial charge in [-0.15, -0.1) is 0 Å². The highest BCUT2D eigenvalue weighted by Gasteiger charge is 2.02. The number of nitrogens with zero attached hydrogens (tertiary/aromatic N) is 1. The Morgan fingerprint density at radius 3 is 2.93 bits per heavy atom. The van der Waals surface area contributed by atoms with Crippen molar-refractivity contribution in [2.24, 2.45) is 5.92 Å². The first-order valence-electron chi connectivity index (χ1n) is 5.53. The fraction of sp³-hybridized carbons (Fsp3) is 0.583. The van der Waals surface area contributed by atoms with Crippen LogP contribution in [0.5, 0.6) is 5.88 Å². The summed E-state index contributed by atoms with van der Waals surface area (Å²) in [6, 6.07) is 5.75. The van der Waals surface area contributed by atoms with Gasteiger partial charge in [-0.3, -0.25) is 0 Å². The lowest BCUT2D eigenvalue weighted by atomic mass is 10.1. The Balaban J connectivity index is 2.43. The molecule has 1 atom stereocenters. The largest absolute Gasteiger partial charge is 0.477 e. The molecule has 0 spiro atoms. The maximum Gasteiger partial charge on any atom is 0.215 e. The molecule has 1 unspecified atom stereocenters. The Labute approximate surface area is 91.9 Å². The third kappa shape index (κ3) is 4.19. The van der Waals surface area contributed by atoms with Gasteiger partial charge in [-0.1, -0.05) is 26.3 Å². The number of rotatable bonds is 6. The zero-order valence-electron chi connectivity index (χ0n) is 9.79. The minimum Gasteiger partial charge on any atom is -0.477 e. The van der Waals surface area contributed by atoms with Crippen LogP contribution in [-0.2, 0) is 0 Å². The first-order valence-corrected chi connectivity index (χ1v) is 5.53. The van der Waals surface area contributed by atoms with Gasteiger partial charge in [0.25, 0.3) is 0 Å². The van der Waals surface area contributed by atoms with Crippen LogP contribution in [0.4, 0.5) is 5.82 Å². The molecule has 3 heteroatoms. The number of anilines is 1. The third-order valence-electron chi connectivity index (χ3n) is 2.28. The summed E-state index contributed by atoms with van der Waals surface area (Å²) in [6.07, 6.45) is 2.40. The highest BCUT2D eigenvalue weighted by Crippen LogP contribution is 2.13. The summed E-state index contributed by atoms with van der Waals surface area (Å²) >= 11 is 0. The molecule has 1 aromatic heterocycles. The van der Waals surface area contributed by atoms with E-state index in [1.54, 1.807) is 0 Å². The summed E-state index contributed by atoms with van der Waals surface area (Å²) in [6.45, 7) is 5.13. The monoisotopic (exact) mass is 208 g/mol. The van der Waals surface area contributed by atoms with E-state index in [1.165, 1.54) is 12.8 Å². The number of hydrogen-bond acceptors (Lipinski definition) is 3. The predicted octanol–water partition coefficient (Wildman–Crippen LogP) is 2.94. The topological polar surface area (TPSA) is 34.1 Å². The van der Waals surface area contributed by atoms with Gasteiger partial charge < -0.3 is 10.1 Å². The van der Waals surface area contributed by atoms with Crippen molar-refractivity contribution in [2.45, 2.75) is 26.7 Å². The molecule has 0 amide bonds. The van der Waals surface area contributed by atoms with E-state index in [0.717, 1.165) is 12.4 Å². The van der Waals surface area contributed by atoms with Crippen molar-refractivity contribution in [3.8, 4) is 5.88 Å². The number of ether oxygens (including phenoxy) is 1. The molecule has 1 N–H and O–H groups in total. The van der Waals surface area contributed by atoms with Crippen LogP contribution in [-0.4, -0.2) is 18.6 Å². The van der Waals surface area contributed by atoms with E-state index < -0.39 is 0 Å². The van der Waals surface area contributed by atoms with Gasteiger partial charge in [-0.2, -0.15) is 4.98 Å². The molecule has 0 saturated carbocycles. The summed E-state index contributed by atoms with van der Waals surface area (Å²) in [5, 5.41) is 2.99. The molecule has 0 aliphatic rings. The first-order chi connectivity index (χ1) is 7.26. The van der Waals surface area contributed by atoms with Gasteiger partial charge in [0.2, 0.25) is 5.88 Å². The minimum absolute atomic E-state index is 0.593. The van der Waals surface area contributed by atoms with Crippen molar-refractivity contribution in [3.05, 3.63) is 18.2 Å². The highest BCUT2D eigenvalue weighted by molar-refractivity contribution is 5.35. The molecule has 0 radical (unpaired) electrons. The van der Waals surface area contributed by atoms with E-state index in [4.69, 9.17) is 4.74 Å². The van der Waals surface area contributed by atoms with Crippen LogP contribution in [0.2, 0.25) is 0 Å². The molecule has 1 rings (SSSR count). The molecular formula is C12H20N2O. The average molecular weight is 208 g/mol. The molecular weight excluding hydrogens is 188 g/mol. The van der Waals surface area contributed by atoms with E-state index in [2.05, 4.69) is 24.1 Å². The number of pyridine rings is 1. The van der Waals surface area contributed by atoms with Crippen molar-refractivity contribution in [3.63, 3.8) is 0 Å². The van der Waals surface area contributed by atoms with Crippen LogP contribution in [0, 0.1) is 5.92 Å². The van der Waals surface area contributed by atoms with Crippen LogP contribution < -0.4 is 10.1 Å². The van der Waals surface area contributed by atoms with Gasteiger partial charge in [0.15, 0.2) is 0 Å². The Kier molecular flexibility index (Phi) is 4.95. The Hall–Kier alpha value is -1.25. The van der Waals surface area contributed by atoms with Gasteiger partial charge >= 0.3 is 0 Å². The molecule has 1 heterocycles. The molecule has 0 aromatic carbocycles. The Morgan fingerprint density at radius 2 is 2.27 bits per heavy atom. The van der Waals surface area contributed by atoms with Crippen LogP contribution in [0.1, 0.15) is 26.7 Å². The Bertz CT molecular complexity index is 289. The number of hydrogen-bond donors (Lipinski definition) is 1. The van der Waals surface area contributed by atoms with Crippen LogP contribution in [0.3, 0.4) is 0 Å². The van der Waals surface area contributed by atoms with Gasteiger partial charge in [-0.25, -0.2) is 0 Å². The maximum atomic E-state index is 5.61. The van der Waals surface area contributed by atoms with Gasteiger partial charge in [0, 0.05) is 13.1 Å². The predicted molar refractivity (Wildman–Crippen MR) is 63.4 cm³/mol. The van der Waals surface area contributed by atoms with Crippen molar-refractivity contribution >= 4 is 5.82 Å². The molecule has 15 heavy (non-hydrogen) atoms. The zero-order valence-corrected chi connectivity index (χ0v) is 9.79. The van der Waals surface area contributed by atoms with Crippen molar-refractivity contribution in [1.29, 1.82) is 0 Å². The quantitative estimate of drug-likeness (QED) is 0.780. The molecule has 0 saturated heterocycles. The van der Waals surface area contributed by atoms with Gasteiger partial charge in [0.1, 0.15) is 5.82 Å². The summed E-state index contributed by atoms with van der Waals surface area (Å²) in [7, 11) is 1.85. The number of nitrogens with one attached hydrogen (secondary N) is 1. The van der Waals surface area contributed by atoms with E-state index in [9.17, 15) is 0 Å². The van der Waals surface area contributed by atoms with Crippen molar-refractivity contribution in [1.82, 2.24) is 4.98 Å². The van der Waals surface area contributed by atoms with E-state index >= 15 is 0 Å². The fourth-order valence-electron chi connectivity index (χ4n) is 1.44. The summed E-state index contributed by atoms with van der Waals surface area (Å²) in [5.41, 5.74) is 0. The molecule has 84 valence electrons. The molecule has 0 bridgehead atoms. The molecule has 3 nitrogen and oxygen atoms in total. The summed E-state index contributed by atoms with van der Waals surface area (Å²) < 4.78 is 5.61. The van der Waals surface area contributed by atoms with Crippen LogP contribution in [0.25, 0.3) is 0 Å². The summed E-state index contributed by atoms with van der Waals surface area (Å²) in [5.74, 6) is 2.13. The van der Waals surface area contributed by atoms with Gasteiger partial charge in [0.05, 0.1) is 6.61 Å². The van der Waals surface area contributed by atoms with Crippen LogP contribution >= 0.6 is 0 Å². The smallest absolute Gasteiger partial charge is 0.215 e. The van der Waals surface area contributed by atoms with Crippen LogP contribution in [0.15, 0.2) is 18.2 Å². The normalized spacial score (nSPS) is 12.2. The standard InChI is InChI=1S/C12H20N2O/c1-4-6-10(2)9-15-12-8-5-7-11(13-3)14-12/h5,7-8,10H,4,6,9H2,1-3H3,(H,13,14). The first kappa shape index (κ1) is 11.8. The molecule has 0 aliphatic carbocycles. The second kappa shape index (κ2) is 6.27. The third-order valence-corrected chi connectivity index (χ3v) is 2.28. The van der Waals surface area contributed by atoms with E-state index in [1.807, 2.05) is 25.2 Å². The lowest BCUT2D eigenvalue weighted by Crippen LogP contribution is -2.09. The maximum absolute atomic E-state index is 5.61. The minimum atomic E-state index is 0.593. The lowest BCUT2D eigenvalue weighted by molar-refractivity contribution is 0.243. The number of aromatic nitrogens is 1. The average Bonchev–Trinajstić information content (AvgIpc) is 2.27. The molecule has 0 fully saturated rings. The molecule has 1 aromatic rings. The van der Waals surface area contributed by atoms with E-state index in [0.29, 0.717) is 11.8 Å². The Morgan fingerprint density at radius 1 is 1.47 bits per heavy atom. The SMILES string of the molecule is CCCC(C)COc1cccc(NC)n1. The van der Waals surface area contributed by atoms with Crippen molar-refractivity contribution < 1.29 is 4.74 Å². The molecule has 0 aliphatic heterocycles. The lowest BCUT2D eigenvalue weighted by Gasteiger charge is -2.11. The summed E-state index contributed by atoms with van der Waals surface area (Å²) in [4.78, 5) is 4.29. The zero-order chi connectivity index (χ0) is 11.1. The second-order valence-electron chi connectivity index (χ2n) is 3.82. The van der Waals surface area contributed by atoms with Gasteiger partial charge in [-0.05, 0) is 18.4 Å². The second-order valence-corrected chi connectivity index (χ2v) is 3.82. The fourth-order valence-corrected chi connectivity index (χ4v) is 1.44. The highest BCUT2D eigenvalue weighted by atomic mass is 16.5.